The van der Waals surface area contributed by atoms with Gasteiger partial charge in [0.1, 0.15) is 5.75 Å². The van der Waals surface area contributed by atoms with Gasteiger partial charge in [-0.25, -0.2) is 0 Å². The van der Waals surface area contributed by atoms with Crippen molar-refractivity contribution >= 4 is 5.91 Å². The molecule has 22 heavy (non-hydrogen) atoms. The first kappa shape index (κ1) is 16.0. The summed E-state index contributed by atoms with van der Waals surface area (Å²) < 4.78 is 5.49. The summed E-state index contributed by atoms with van der Waals surface area (Å²) in [5, 5.41) is 12.0. The summed E-state index contributed by atoms with van der Waals surface area (Å²) in [5.74, 6) is 0.500. The van der Waals surface area contributed by atoms with Crippen LogP contribution < -0.4 is 10.1 Å². The van der Waals surface area contributed by atoms with E-state index in [9.17, 15) is 9.90 Å². The predicted molar refractivity (Wildman–Crippen MR) is 85.6 cm³/mol. The highest BCUT2D eigenvalue weighted by Gasteiger charge is 2.06. The normalized spacial score (nSPS) is 10.3. The van der Waals surface area contributed by atoms with Gasteiger partial charge in [0, 0.05) is 6.54 Å². The highest BCUT2D eigenvalue weighted by atomic mass is 16.5. The largest absolute Gasteiger partial charge is 0.484 e. The molecular weight excluding hydrogens is 278 g/mol. The molecule has 0 bridgehead atoms. The molecule has 0 heterocycles. The van der Waals surface area contributed by atoms with Crippen molar-refractivity contribution in [1.29, 1.82) is 0 Å². The number of aliphatic hydroxyl groups excluding tert-OH is 1. The molecule has 4 nitrogen and oxygen atoms in total. The molecule has 0 aliphatic carbocycles. The molecule has 0 saturated heterocycles. The van der Waals surface area contributed by atoms with Crippen LogP contribution in [0.15, 0.2) is 42.5 Å². The lowest BCUT2D eigenvalue weighted by Crippen LogP contribution is -2.28. The number of carbonyl (C=O) groups excluding carboxylic acids is 1. The van der Waals surface area contributed by atoms with Crippen molar-refractivity contribution in [2.75, 3.05) is 6.61 Å². The topological polar surface area (TPSA) is 58.6 Å². The maximum absolute atomic E-state index is 11.8. The van der Waals surface area contributed by atoms with Crippen molar-refractivity contribution in [3.63, 3.8) is 0 Å². The lowest BCUT2D eigenvalue weighted by Gasteiger charge is -2.10. The van der Waals surface area contributed by atoms with Crippen LogP contribution in [0.5, 0.6) is 5.75 Å². The second-order valence-electron chi connectivity index (χ2n) is 5.24. The maximum Gasteiger partial charge on any atom is 0.258 e. The summed E-state index contributed by atoms with van der Waals surface area (Å²) in [6.07, 6.45) is 0. The minimum atomic E-state index is -0.189. The van der Waals surface area contributed by atoms with E-state index in [0.717, 1.165) is 16.7 Å². The first-order chi connectivity index (χ1) is 10.6. The van der Waals surface area contributed by atoms with E-state index >= 15 is 0 Å². The zero-order valence-corrected chi connectivity index (χ0v) is 12.9. The summed E-state index contributed by atoms with van der Waals surface area (Å²) in [6.45, 7) is 4.36. The lowest BCUT2D eigenvalue weighted by molar-refractivity contribution is -0.123. The van der Waals surface area contributed by atoms with Crippen molar-refractivity contribution in [2.45, 2.75) is 27.0 Å². The number of nitrogens with one attached hydrogen (secondary N) is 1. The fraction of sp³-hybridized carbons (Fsp3) is 0.278. The van der Waals surface area contributed by atoms with Crippen LogP contribution in [0.2, 0.25) is 0 Å². The molecule has 2 aromatic rings. The number of hydrogen-bond donors (Lipinski definition) is 2. The van der Waals surface area contributed by atoms with Crippen LogP contribution in [0.4, 0.5) is 0 Å². The number of benzene rings is 2. The number of aryl methyl sites for hydroxylation is 2. The van der Waals surface area contributed by atoms with Gasteiger partial charge in [0.25, 0.3) is 5.91 Å². The minimum Gasteiger partial charge on any atom is -0.484 e. The Balaban J connectivity index is 1.84. The summed E-state index contributed by atoms with van der Waals surface area (Å²) in [7, 11) is 0. The molecule has 0 saturated carbocycles. The molecule has 0 unspecified atom stereocenters. The number of ether oxygens (including phenoxy) is 1. The van der Waals surface area contributed by atoms with Gasteiger partial charge in [-0.3, -0.25) is 4.79 Å². The summed E-state index contributed by atoms with van der Waals surface area (Å²) in [6, 6.07) is 13.2. The van der Waals surface area contributed by atoms with Gasteiger partial charge < -0.3 is 15.2 Å². The van der Waals surface area contributed by atoms with Crippen molar-refractivity contribution in [3.05, 3.63) is 64.7 Å². The molecule has 2 aromatic carbocycles. The molecule has 1 amide bonds. The van der Waals surface area contributed by atoms with Crippen LogP contribution in [-0.4, -0.2) is 17.6 Å². The Labute approximate surface area is 130 Å². The van der Waals surface area contributed by atoms with E-state index in [1.54, 1.807) is 0 Å². The predicted octanol–water partition coefficient (Wildman–Crippen LogP) is 2.49. The van der Waals surface area contributed by atoms with Gasteiger partial charge in [0.05, 0.1) is 6.61 Å². The van der Waals surface area contributed by atoms with Gasteiger partial charge in [-0.1, -0.05) is 30.3 Å². The first-order valence-corrected chi connectivity index (χ1v) is 7.24. The second-order valence-corrected chi connectivity index (χ2v) is 5.24. The average Bonchev–Trinajstić information content (AvgIpc) is 2.54. The van der Waals surface area contributed by atoms with Crippen molar-refractivity contribution < 1.29 is 14.6 Å². The highest BCUT2D eigenvalue weighted by molar-refractivity contribution is 5.77. The van der Waals surface area contributed by atoms with Crippen LogP contribution in [-0.2, 0) is 17.9 Å². The number of hydrogen-bond acceptors (Lipinski definition) is 3. The second kappa shape index (κ2) is 7.61. The van der Waals surface area contributed by atoms with E-state index in [0.29, 0.717) is 12.3 Å². The summed E-state index contributed by atoms with van der Waals surface area (Å²) >= 11 is 0. The third kappa shape index (κ3) is 4.33. The lowest BCUT2D eigenvalue weighted by atomic mass is 10.1. The van der Waals surface area contributed by atoms with E-state index in [1.807, 2.05) is 56.3 Å². The minimum absolute atomic E-state index is 0.0240. The molecule has 0 atom stereocenters. The smallest absolute Gasteiger partial charge is 0.258 e. The molecular formula is C18H21NO3. The number of carbonyl (C=O) groups is 1. The quantitative estimate of drug-likeness (QED) is 0.861. The Hall–Kier alpha value is -2.33. The van der Waals surface area contributed by atoms with Gasteiger partial charge in [0.2, 0.25) is 0 Å². The van der Waals surface area contributed by atoms with Crippen molar-refractivity contribution in [3.8, 4) is 5.75 Å². The fourth-order valence-electron chi connectivity index (χ4n) is 2.08. The van der Waals surface area contributed by atoms with Crippen LogP contribution in [0.1, 0.15) is 22.3 Å². The number of rotatable bonds is 6. The van der Waals surface area contributed by atoms with Crippen molar-refractivity contribution in [1.82, 2.24) is 5.32 Å². The zero-order chi connectivity index (χ0) is 15.9. The summed E-state index contributed by atoms with van der Waals surface area (Å²) in [5.41, 5.74) is 4.05. The van der Waals surface area contributed by atoms with E-state index < -0.39 is 0 Å². The SMILES string of the molecule is Cc1ccc(OCC(=O)NCc2ccccc2CO)cc1C. The maximum atomic E-state index is 11.8. The molecule has 0 aliphatic heterocycles. The molecule has 0 fully saturated rings. The molecule has 0 aromatic heterocycles. The van der Waals surface area contributed by atoms with Gasteiger partial charge >= 0.3 is 0 Å². The van der Waals surface area contributed by atoms with Gasteiger partial charge in [-0.15, -0.1) is 0 Å². The Morgan fingerprint density at radius 2 is 1.82 bits per heavy atom. The third-order valence-corrected chi connectivity index (χ3v) is 3.61. The molecule has 0 radical (unpaired) electrons. The van der Waals surface area contributed by atoms with Crippen LogP contribution in [0.3, 0.4) is 0 Å². The van der Waals surface area contributed by atoms with E-state index in [-0.39, 0.29) is 19.1 Å². The monoisotopic (exact) mass is 299 g/mol. The van der Waals surface area contributed by atoms with Gasteiger partial charge in [0.15, 0.2) is 6.61 Å². The zero-order valence-electron chi connectivity index (χ0n) is 12.9. The summed E-state index contributed by atoms with van der Waals surface area (Å²) in [4.78, 5) is 11.8. The number of amides is 1. The van der Waals surface area contributed by atoms with E-state index in [2.05, 4.69) is 5.32 Å². The molecule has 0 aliphatic rings. The molecule has 2 rings (SSSR count). The van der Waals surface area contributed by atoms with Crippen LogP contribution in [0.25, 0.3) is 0 Å². The Bertz CT molecular complexity index is 653. The Morgan fingerprint density at radius 1 is 1.09 bits per heavy atom. The van der Waals surface area contributed by atoms with E-state index in [4.69, 9.17) is 4.74 Å². The highest BCUT2D eigenvalue weighted by Crippen LogP contribution is 2.16. The Morgan fingerprint density at radius 3 is 2.50 bits per heavy atom. The molecule has 4 heteroatoms. The van der Waals surface area contributed by atoms with Crippen LogP contribution >= 0.6 is 0 Å². The molecule has 116 valence electrons. The Kier molecular flexibility index (Phi) is 5.55. The van der Waals surface area contributed by atoms with E-state index in [1.165, 1.54) is 5.56 Å². The van der Waals surface area contributed by atoms with Crippen molar-refractivity contribution in [2.24, 2.45) is 0 Å². The molecule has 0 spiro atoms. The van der Waals surface area contributed by atoms with Gasteiger partial charge in [-0.2, -0.15) is 0 Å². The average molecular weight is 299 g/mol. The first-order valence-electron chi connectivity index (χ1n) is 7.24. The van der Waals surface area contributed by atoms with Gasteiger partial charge in [-0.05, 0) is 48.2 Å². The van der Waals surface area contributed by atoms with Crippen LogP contribution in [0, 0.1) is 13.8 Å². The fourth-order valence-corrected chi connectivity index (χ4v) is 2.08. The standard InChI is InChI=1S/C18H21NO3/c1-13-7-8-17(9-14(13)2)22-12-18(21)19-10-15-5-3-4-6-16(15)11-20/h3-9,20H,10-12H2,1-2H3,(H,19,21). The number of aliphatic hydroxyl groups is 1. The molecule has 2 N–H and O–H groups in total. The third-order valence-electron chi connectivity index (χ3n) is 3.61.